The van der Waals surface area contributed by atoms with Gasteiger partial charge in [-0.25, -0.2) is 0 Å². The number of ether oxygens (including phenoxy) is 1. The van der Waals surface area contributed by atoms with E-state index in [2.05, 4.69) is 5.32 Å². The molecule has 0 aromatic rings. The van der Waals surface area contributed by atoms with Crippen LogP contribution in [0.25, 0.3) is 0 Å². The third kappa shape index (κ3) is 3.74. The first kappa shape index (κ1) is 10.5. The Bertz CT molecular complexity index is 172. The second kappa shape index (κ2) is 5.19. The maximum absolute atomic E-state index is 7.45. The lowest BCUT2D eigenvalue weighted by atomic mass is 10.1. The zero-order chi connectivity index (χ0) is 9.68. The van der Waals surface area contributed by atoms with Crippen molar-refractivity contribution in [3.05, 3.63) is 0 Å². The smallest absolute Gasteiger partial charge is 0.0957 e. The van der Waals surface area contributed by atoms with E-state index in [1.807, 2.05) is 6.92 Å². The van der Waals surface area contributed by atoms with Crippen molar-refractivity contribution < 1.29 is 4.74 Å². The van der Waals surface area contributed by atoms with E-state index in [0.29, 0.717) is 12.4 Å². The van der Waals surface area contributed by atoms with Crippen molar-refractivity contribution >= 4 is 5.84 Å². The molecular formula is C9H19N3O. The Balaban J connectivity index is 2.23. The number of nitrogens with one attached hydrogen (secondary N) is 2. The first-order valence-corrected chi connectivity index (χ1v) is 4.89. The summed E-state index contributed by atoms with van der Waals surface area (Å²) in [6, 6.07) is 0. The molecule has 0 aliphatic carbocycles. The maximum Gasteiger partial charge on any atom is 0.0957 e. The fourth-order valence-electron chi connectivity index (χ4n) is 1.53. The molecule has 0 bridgehead atoms. The van der Waals surface area contributed by atoms with E-state index < -0.39 is 0 Å². The SMILES string of the molecule is CC(CCN)OC1CCNC(=N)C1. The van der Waals surface area contributed by atoms with Crippen LogP contribution in [0.1, 0.15) is 26.2 Å². The van der Waals surface area contributed by atoms with Crippen molar-refractivity contribution in [3.63, 3.8) is 0 Å². The summed E-state index contributed by atoms with van der Waals surface area (Å²) in [4.78, 5) is 0. The normalized spacial score (nSPS) is 25.4. The van der Waals surface area contributed by atoms with Gasteiger partial charge in [0.2, 0.25) is 0 Å². The Kier molecular flexibility index (Phi) is 4.18. The molecule has 0 aromatic heterocycles. The molecule has 0 radical (unpaired) electrons. The molecule has 1 saturated heterocycles. The minimum atomic E-state index is 0.218. The molecule has 2 atom stereocenters. The first-order chi connectivity index (χ1) is 6.22. The Hall–Kier alpha value is -0.610. The molecular weight excluding hydrogens is 166 g/mol. The van der Waals surface area contributed by atoms with Gasteiger partial charge in [0.15, 0.2) is 0 Å². The molecule has 0 aromatic carbocycles. The molecule has 13 heavy (non-hydrogen) atoms. The van der Waals surface area contributed by atoms with Gasteiger partial charge in [-0.2, -0.15) is 0 Å². The van der Waals surface area contributed by atoms with Crippen LogP contribution in [0.3, 0.4) is 0 Å². The van der Waals surface area contributed by atoms with E-state index in [0.717, 1.165) is 25.8 Å². The molecule has 4 heteroatoms. The van der Waals surface area contributed by atoms with Gasteiger partial charge in [0.1, 0.15) is 0 Å². The second-order valence-corrected chi connectivity index (χ2v) is 3.54. The summed E-state index contributed by atoms with van der Waals surface area (Å²) in [5, 5.41) is 10.4. The number of hydrogen-bond acceptors (Lipinski definition) is 3. The Morgan fingerprint density at radius 3 is 3.15 bits per heavy atom. The minimum Gasteiger partial charge on any atom is -0.375 e. The molecule has 4 N–H and O–H groups in total. The molecule has 1 aliphatic heterocycles. The van der Waals surface area contributed by atoms with Crippen LogP contribution >= 0.6 is 0 Å². The topological polar surface area (TPSA) is 71.1 Å². The third-order valence-electron chi connectivity index (χ3n) is 2.23. The van der Waals surface area contributed by atoms with Crippen LogP contribution in [0, 0.1) is 5.41 Å². The lowest BCUT2D eigenvalue weighted by molar-refractivity contribution is -0.00787. The van der Waals surface area contributed by atoms with Gasteiger partial charge < -0.3 is 15.8 Å². The Morgan fingerprint density at radius 2 is 2.54 bits per heavy atom. The van der Waals surface area contributed by atoms with E-state index in [-0.39, 0.29) is 12.2 Å². The van der Waals surface area contributed by atoms with Gasteiger partial charge in [-0.1, -0.05) is 0 Å². The van der Waals surface area contributed by atoms with Gasteiger partial charge in [-0.3, -0.25) is 5.41 Å². The first-order valence-electron chi connectivity index (χ1n) is 4.89. The summed E-state index contributed by atoms with van der Waals surface area (Å²) >= 11 is 0. The van der Waals surface area contributed by atoms with Gasteiger partial charge >= 0.3 is 0 Å². The van der Waals surface area contributed by atoms with Crippen molar-refractivity contribution in [1.82, 2.24) is 5.32 Å². The van der Waals surface area contributed by atoms with E-state index in [1.165, 1.54) is 0 Å². The van der Waals surface area contributed by atoms with Gasteiger partial charge in [0, 0.05) is 13.0 Å². The Labute approximate surface area is 79.3 Å². The number of piperidine rings is 1. The highest BCUT2D eigenvalue weighted by Gasteiger charge is 2.18. The predicted molar refractivity (Wildman–Crippen MR) is 53.0 cm³/mol. The molecule has 1 fully saturated rings. The third-order valence-corrected chi connectivity index (χ3v) is 2.23. The average molecular weight is 185 g/mol. The fraction of sp³-hybridized carbons (Fsp3) is 0.889. The van der Waals surface area contributed by atoms with Crippen LogP contribution < -0.4 is 11.1 Å². The number of hydrogen-bond donors (Lipinski definition) is 3. The monoisotopic (exact) mass is 185 g/mol. The van der Waals surface area contributed by atoms with E-state index >= 15 is 0 Å². The maximum atomic E-state index is 7.45. The van der Waals surface area contributed by atoms with Crippen molar-refractivity contribution in [2.75, 3.05) is 13.1 Å². The zero-order valence-electron chi connectivity index (χ0n) is 8.18. The number of amidine groups is 1. The van der Waals surface area contributed by atoms with Gasteiger partial charge in [-0.15, -0.1) is 0 Å². The van der Waals surface area contributed by atoms with Gasteiger partial charge in [0.05, 0.1) is 18.0 Å². The van der Waals surface area contributed by atoms with Crippen molar-refractivity contribution in [2.24, 2.45) is 5.73 Å². The summed E-state index contributed by atoms with van der Waals surface area (Å²) in [5.41, 5.74) is 5.43. The molecule has 4 nitrogen and oxygen atoms in total. The summed E-state index contributed by atoms with van der Waals surface area (Å²) in [5.74, 6) is 0.594. The van der Waals surface area contributed by atoms with Crippen LogP contribution in [0.2, 0.25) is 0 Å². The quantitative estimate of drug-likeness (QED) is 0.596. The van der Waals surface area contributed by atoms with E-state index in [4.69, 9.17) is 15.9 Å². The Morgan fingerprint density at radius 1 is 1.77 bits per heavy atom. The van der Waals surface area contributed by atoms with E-state index in [9.17, 15) is 0 Å². The highest BCUT2D eigenvalue weighted by atomic mass is 16.5. The van der Waals surface area contributed by atoms with Gasteiger partial charge in [0.25, 0.3) is 0 Å². The molecule has 76 valence electrons. The van der Waals surface area contributed by atoms with Crippen LogP contribution in [0.15, 0.2) is 0 Å². The van der Waals surface area contributed by atoms with Crippen LogP contribution in [-0.2, 0) is 4.74 Å². The molecule has 1 rings (SSSR count). The molecule has 0 spiro atoms. The van der Waals surface area contributed by atoms with Crippen LogP contribution in [0.4, 0.5) is 0 Å². The highest BCUT2D eigenvalue weighted by molar-refractivity contribution is 5.80. The molecule has 0 amide bonds. The van der Waals surface area contributed by atoms with Crippen molar-refractivity contribution in [1.29, 1.82) is 5.41 Å². The highest BCUT2D eigenvalue weighted by Crippen LogP contribution is 2.12. The summed E-state index contributed by atoms with van der Waals surface area (Å²) in [6.45, 7) is 3.57. The van der Waals surface area contributed by atoms with Crippen LogP contribution in [0.5, 0.6) is 0 Å². The summed E-state index contributed by atoms with van der Waals surface area (Å²) in [7, 11) is 0. The average Bonchev–Trinajstić information content (AvgIpc) is 2.04. The number of nitrogens with two attached hydrogens (primary N) is 1. The minimum absolute atomic E-state index is 0.218. The zero-order valence-corrected chi connectivity index (χ0v) is 8.18. The lowest BCUT2D eigenvalue weighted by Crippen LogP contribution is -2.38. The van der Waals surface area contributed by atoms with Gasteiger partial charge in [-0.05, 0) is 26.3 Å². The standard InChI is InChI=1S/C9H19N3O/c1-7(2-4-10)13-8-3-5-12-9(11)6-8/h7-8H,2-6,10H2,1H3,(H2,11,12). The molecule has 1 aliphatic rings. The summed E-state index contributed by atoms with van der Waals surface area (Å²) < 4.78 is 5.74. The lowest BCUT2D eigenvalue weighted by Gasteiger charge is -2.26. The number of rotatable bonds is 4. The largest absolute Gasteiger partial charge is 0.375 e. The molecule has 1 heterocycles. The summed E-state index contributed by atoms with van der Waals surface area (Å²) in [6.07, 6.45) is 3.06. The molecule has 0 saturated carbocycles. The van der Waals surface area contributed by atoms with E-state index in [1.54, 1.807) is 0 Å². The van der Waals surface area contributed by atoms with Crippen LogP contribution in [-0.4, -0.2) is 31.1 Å². The van der Waals surface area contributed by atoms with Crippen molar-refractivity contribution in [3.8, 4) is 0 Å². The second-order valence-electron chi connectivity index (χ2n) is 3.54. The molecule has 2 unspecified atom stereocenters. The predicted octanol–water partition coefficient (Wildman–Crippen LogP) is 0.470. The van der Waals surface area contributed by atoms with Crippen molar-refractivity contribution in [2.45, 2.75) is 38.4 Å². The fourth-order valence-corrected chi connectivity index (χ4v) is 1.53.